The first-order valence-electron chi connectivity index (χ1n) is 9.23. The van der Waals surface area contributed by atoms with Gasteiger partial charge in [-0.3, -0.25) is 14.8 Å². The number of benzene rings is 2. The van der Waals surface area contributed by atoms with Crippen LogP contribution in [0.5, 0.6) is 0 Å². The first-order chi connectivity index (χ1) is 13.7. The molecule has 4 rings (SSSR count). The van der Waals surface area contributed by atoms with E-state index in [0.717, 1.165) is 22.3 Å². The van der Waals surface area contributed by atoms with Crippen LogP contribution in [0.3, 0.4) is 0 Å². The summed E-state index contributed by atoms with van der Waals surface area (Å²) in [6, 6.07) is 23.3. The minimum atomic E-state index is -0.0716. The summed E-state index contributed by atoms with van der Waals surface area (Å²) in [6.07, 6.45) is 3.45. The quantitative estimate of drug-likeness (QED) is 0.439. The van der Waals surface area contributed by atoms with Gasteiger partial charge in [0.15, 0.2) is 5.78 Å². The van der Waals surface area contributed by atoms with E-state index in [1.54, 1.807) is 24.5 Å². The van der Waals surface area contributed by atoms with Crippen molar-refractivity contribution in [3.63, 3.8) is 0 Å². The number of hydrogen-bond donors (Lipinski definition) is 0. The van der Waals surface area contributed by atoms with E-state index >= 15 is 0 Å². The first-order valence-corrected chi connectivity index (χ1v) is 9.23. The number of carbonyl (C=O) groups excluding carboxylic acids is 1. The van der Waals surface area contributed by atoms with Gasteiger partial charge in [-0.2, -0.15) is 0 Å². The molecule has 0 unspecified atom stereocenters. The van der Waals surface area contributed by atoms with Gasteiger partial charge in [-0.05, 0) is 49.2 Å². The fraction of sp³-hybridized carbons (Fsp3) is 0.0800. The predicted molar refractivity (Wildman–Crippen MR) is 112 cm³/mol. The summed E-state index contributed by atoms with van der Waals surface area (Å²) in [7, 11) is 0. The molecule has 0 N–H and O–H groups in total. The van der Waals surface area contributed by atoms with Crippen molar-refractivity contribution in [1.29, 1.82) is 0 Å². The number of rotatable bonds is 4. The van der Waals surface area contributed by atoms with Crippen LogP contribution in [0.15, 0.2) is 85.2 Å². The molecule has 0 aliphatic carbocycles. The molecule has 2 aromatic carbocycles. The van der Waals surface area contributed by atoms with E-state index in [0.29, 0.717) is 22.5 Å². The van der Waals surface area contributed by atoms with Crippen LogP contribution in [-0.2, 0) is 0 Å². The highest BCUT2D eigenvalue weighted by Gasteiger charge is 2.21. The lowest BCUT2D eigenvalue weighted by molar-refractivity contribution is 0.103. The molecule has 0 saturated heterocycles. The van der Waals surface area contributed by atoms with E-state index in [1.165, 1.54) is 0 Å². The molecular formula is C25H20N2O. The third-order valence-electron chi connectivity index (χ3n) is 4.91. The Hall–Kier alpha value is -3.59. The van der Waals surface area contributed by atoms with Crippen molar-refractivity contribution in [2.24, 2.45) is 0 Å². The molecule has 28 heavy (non-hydrogen) atoms. The van der Waals surface area contributed by atoms with Crippen LogP contribution in [0, 0.1) is 13.8 Å². The Kier molecular flexibility index (Phi) is 4.81. The second-order valence-electron chi connectivity index (χ2n) is 6.76. The maximum absolute atomic E-state index is 13.6. The number of pyridine rings is 2. The van der Waals surface area contributed by atoms with Gasteiger partial charge in [-0.1, -0.05) is 48.5 Å². The number of hydrogen-bond acceptors (Lipinski definition) is 3. The molecular weight excluding hydrogens is 344 g/mol. The molecule has 0 aliphatic rings. The van der Waals surface area contributed by atoms with E-state index in [9.17, 15) is 4.79 Å². The second kappa shape index (κ2) is 7.57. The van der Waals surface area contributed by atoms with Gasteiger partial charge in [0.1, 0.15) is 0 Å². The highest BCUT2D eigenvalue weighted by Crippen LogP contribution is 2.30. The Morgan fingerprint density at radius 2 is 1.04 bits per heavy atom. The number of aromatic nitrogens is 2. The van der Waals surface area contributed by atoms with Gasteiger partial charge in [-0.15, -0.1) is 0 Å². The number of ketones is 1. The smallest absolute Gasteiger partial charge is 0.197 e. The van der Waals surface area contributed by atoms with Crippen molar-refractivity contribution in [3.05, 3.63) is 107 Å². The molecule has 2 aromatic heterocycles. The minimum absolute atomic E-state index is 0.0716. The molecule has 0 aliphatic heterocycles. The molecule has 136 valence electrons. The van der Waals surface area contributed by atoms with Crippen LogP contribution in [0.25, 0.3) is 22.5 Å². The SMILES string of the molecule is Cc1ccccc1-c1ncccc1C(=O)c1cccnc1-c1ccccc1C. The van der Waals surface area contributed by atoms with Crippen LogP contribution in [0.1, 0.15) is 27.0 Å². The van der Waals surface area contributed by atoms with E-state index in [1.807, 2.05) is 74.5 Å². The maximum Gasteiger partial charge on any atom is 0.197 e. The molecule has 0 fully saturated rings. The van der Waals surface area contributed by atoms with Gasteiger partial charge in [0.05, 0.1) is 11.4 Å². The lowest BCUT2D eigenvalue weighted by atomic mass is 9.93. The number of nitrogens with zero attached hydrogens (tertiary/aromatic N) is 2. The average molecular weight is 364 g/mol. The van der Waals surface area contributed by atoms with Gasteiger partial charge in [0.2, 0.25) is 0 Å². The zero-order valence-electron chi connectivity index (χ0n) is 15.9. The molecule has 0 spiro atoms. The van der Waals surface area contributed by atoms with Gasteiger partial charge in [0.25, 0.3) is 0 Å². The van der Waals surface area contributed by atoms with E-state index in [4.69, 9.17) is 0 Å². The molecule has 0 amide bonds. The van der Waals surface area contributed by atoms with Gasteiger partial charge < -0.3 is 0 Å². The van der Waals surface area contributed by atoms with Crippen molar-refractivity contribution in [3.8, 4) is 22.5 Å². The Labute approximate surface area is 164 Å². The van der Waals surface area contributed by atoms with Crippen LogP contribution in [0.4, 0.5) is 0 Å². The third-order valence-corrected chi connectivity index (χ3v) is 4.91. The monoisotopic (exact) mass is 364 g/mol. The van der Waals surface area contributed by atoms with Crippen LogP contribution < -0.4 is 0 Å². The van der Waals surface area contributed by atoms with Crippen molar-refractivity contribution in [1.82, 2.24) is 9.97 Å². The van der Waals surface area contributed by atoms with Crippen molar-refractivity contribution < 1.29 is 4.79 Å². The average Bonchev–Trinajstić information content (AvgIpc) is 2.74. The highest BCUT2D eigenvalue weighted by molar-refractivity contribution is 6.15. The van der Waals surface area contributed by atoms with Crippen LogP contribution in [0.2, 0.25) is 0 Å². The zero-order chi connectivity index (χ0) is 19.5. The van der Waals surface area contributed by atoms with Crippen molar-refractivity contribution >= 4 is 5.78 Å². The molecule has 3 heteroatoms. The van der Waals surface area contributed by atoms with Gasteiger partial charge >= 0.3 is 0 Å². The summed E-state index contributed by atoms with van der Waals surface area (Å²) >= 11 is 0. The van der Waals surface area contributed by atoms with E-state index in [-0.39, 0.29) is 5.78 Å². The molecule has 0 saturated carbocycles. The Morgan fingerprint density at radius 1 is 0.607 bits per heavy atom. The first kappa shape index (κ1) is 17.8. The molecule has 4 aromatic rings. The topological polar surface area (TPSA) is 42.9 Å². The molecule has 0 bridgehead atoms. The molecule has 3 nitrogen and oxygen atoms in total. The van der Waals surface area contributed by atoms with E-state index < -0.39 is 0 Å². The summed E-state index contributed by atoms with van der Waals surface area (Å²) in [4.78, 5) is 22.6. The van der Waals surface area contributed by atoms with Crippen molar-refractivity contribution in [2.45, 2.75) is 13.8 Å². The Bertz CT molecular complexity index is 1070. The predicted octanol–water partition coefficient (Wildman–Crippen LogP) is 5.66. The second-order valence-corrected chi connectivity index (χ2v) is 6.76. The Morgan fingerprint density at radius 3 is 1.46 bits per heavy atom. The highest BCUT2D eigenvalue weighted by atomic mass is 16.1. The fourth-order valence-electron chi connectivity index (χ4n) is 3.43. The number of aryl methyl sites for hydroxylation is 2. The van der Waals surface area contributed by atoms with Crippen LogP contribution >= 0.6 is 0 Å². The van der Waals surface area contributed by atoms with Crippen molar-refractivity contribution in [2.75, 3.05) is 0 Å². The minimum Gasteiger partial charge on any atom is -0.288 e. The van der Waals surface area contributed by atoms with Gasteiger partial charge in [-0.25, -0.2) is 0 Å². The van der Waals surface area contributed by atoms with E-state index in [2.05, 4.69) is 9.97 Å². The molecule has 2 heterocycles. The summed E-state index contributed by atoms with van der Waals surface area (Å²) in [5, 5.41) is 0. The summed E-state index contributed by atoms with van der Waals surface area (Å²) < 4.78 is 0. The van der Waals surface area contributed by atoms with Gasteiger partial charge in [0, 0.05) is 34.6 Å². The zero-order valence-corrected chi connectivity index (χ0v) is 15.9. The fourth-order valence-corrected chi connectivity index (χ4v) is 3.43. The molecule has 0 atom stereocenters. The summed E-state index contributed by atoms with van der Waals surface area (Å²) in [6.45, 7) is 4.06. The molecule has 0 radical (unpaired) electrons. The standard InChI is InChI=1S/C25H20N2O/c1-17-9-3-5-11-19(17)23-21(13-7-15-26-23)25(28)22-14-8-16-27-24(22)20-12-6-4-10-18(20)2/h3-16H,1-2H3. The lowest BCUT2D eigenvalue weighted by Gasteiger charge is -2.13. The maximum atomic E-state index is 13.6. The Balaban J connectivity index is 1.88. The normalized spacial score (nSPS) is 10.6. The summed E-state index contributed by atoms with van der Waals surface area (Å²) in [5.41, 5.74) is 6.66. The number of carbonyl (C=O) groups is 1. The lowest BCUT2D eigenvalue weighted by Crippen LogP contribution is -2.08. The third kappa shape index (κ3) is 3.23. The summed E-state index contributed by atoms with van der Waals surface area (Å²) in [5.74, 6) is -0.0716. The largest absolute Gasteiger partial charge is 0.288 e. The van der Waals surface area contributed by atoms with Crippen LogP contribution in [-0.4, -0.2) is 15.8 Å².